The topological polar surface area (TPSA) is 41.6 Å². The smallest absolute Gasteiger partial charge is 0.409 e. The number of amides is 1. The maximum atomic E-state index is 11.6. The van der Waals surface area contributed by atoms with Crippen LogP contribution in [-0.4, -0.2) is 42.8 Å². The van der Waals surface area contributed by atoms with Crippen molar-refractivity contribution in [2.24, 2.45) is 0 Å². The average Bonchev–Trinajstić information content (AvgIpc) is 2.16. The molecule has 0 aliphatic carbocycles. The lowest BCUT2D eigenvalue weighted by atomic mass is 10.2. The Kier molecular flexibility index (Phi) is 4.88. The number of hydrogen-bond donors (Lipinski definition) is 1. The summed E-state index contributed by atoms with van der Waals surface area (Å²) in [6, 6.07) is 0.708. The van der Waals surface area contributed by atoms with Crippen LogP contribution in [0.1, 0.15) is 33.6 Å². The quantitative estimate of drug-likeness (QED) is 0.726. The second-order valence-corrected chi connectivity index (χ2v) is 4.34. The van der Waals surface area contributed by atoms with Crippen LogP contribution in [0.2, 0.25) is 0 Å². The van der Waals surface area contributed by atoms with Crippen LogP contribution in [0.25, 0.3) is 0 Å². The van der Waals surface area contributed by atoms with Gasteiger partial charge < -0.3 is 15.0 Å². The van der Waals surface area contributed by atoms with E-state index in [0.717, 1.165) is 25.9 Å². The fourth-order valence-corrected chi connectivity index (χ4v) is 1.87. The number of unbranched alkanes of at least 4 members (excludes halogenated alkanes) is 1. The number of ether oxygens (including phenoxy) is 1. The minimum Gasteiger partial charge on any atom is -0.449 e. The number of carbonyl (C=O) groups excluding carboxylic acids is 1. The zero-order valence-corrected chi connectivity index (χ0v) is 9.95. The molecule has 2 atom stereocenters. The Labute approximate surface area is 92.0 Å². The maximum Gasteiger partial charge on any atom is 0.409 e. The lowest BCUT2D eigenvalue weighted by molar-refractivity contribution is 0.0834. The van der Waals surface area contributed by atoms with E-state index in [1.54, 1.807) is 4.90 Å². The first-order valence-electron chi connectivity index (χ1n) is 5.81. The van der Waals surface area contributed by atoms with E-state index in [2.05, 4.69) is 26.1 Å². The van der Waals surface area contributed by atoms with E-state index in [9.17, 15) is 4.79 Å². The van der Waals surface area contributed by atoms with Gasteiger partial charge in [-0.3, -0.25) is 0 Å². The number of nitrogens with one attached hydrogen (secondary N) is 1. The zero-order chi connectivity index (χ0) is 11.3. The highest BCUT2D eigenvalue weighted by Gasteiger charge is 2.25. The van der Waals surface area contributed by atoms with Crippen LogP contribution in [0, 0.1) is 0 Å². The predicted octanol–water partition coefficient (Wildman–Crippen LogP) is 1.61. The van der Waals surface area contributed by atoms with E-state index in [4.69, 9.17) is 4.74 Å². The van der Waals surface area contributed by atoms with Crippen molar-refractivity contribution in [3.05, 3.63) is 0 Å². The molecular weight excluding hydrogens is 192 g/mol. The number of nitrogens with zero attached hydrogens (tertiary/aromatic N) is 1. The summed E-state index contributed by atoms with van der Waals surface area (Å²) >= 11 is 0. The molecular formula is C11H22N2O2. The largest absolute Gasteiger partial charge is 0.449 e. The monoisotopic (exact) mass is 214 g/mol. The summed E-state index contributed by atoms with van der Waals surface area (Å²) in [6.07, 6.45) is 1.84. The third-order valence-corrected chi connectivity index (χ3v) is 2.54. The molecule has 1 amide bonds. The van der Waals surface area contributed by atoms with Crippen molar-refractivity contribution in [1.82, 2.24) is 10.2 Å². The molecule has 0 spiro atoms. The molecule has 1 aliphatic rings. The summed E-state index contributed by atoms with van der Waals surface area (Å²) in [5.74, 6) is 0. The highest BCUT2D eigenvalue weighted by molar-refractivity contribution is 5.67. The summed E-state index contributed by atoms with van der Waals surface area (Å²) in [4.78, 5) is 13.4. The van der Waals surface area contributed by atoms with Crippen molar-refractivity contribution in [1.29, 1.82) is 0 Å². The van der Waals surface area contributed by atoms with Gasteiger partial charge in [-0.1, -0.05) is 13.3 Å². The first-order chi connectivity index (χ1) is 7.13. The Morgan fingerprint density at radius 3 is 2.53 bits per heavy atom. The van der Waals surface area contributed by atoms with Gasteiger partial charge in [-0.2, -0.15) is 0 Å². The van der Waals surface area contributed by atoms with Crippen molar-refractivity contribution in [3.63, 3.8) is 0 Å². The molecule has 1 aliphatic heterocycles. The number of carbonyl (C=O) groups is 1. The van der Waals surface area contributed by atoms with Crippen LogP contribution < -0.4 is 5.32 Å². The molecule has 4 heteroatoms. The van der Waals surface area contributed by atoms with Crippen molar-refractivity contribution < 1.29 is 9.53 Å². The van der Waals surface area contributed by atoms with Gasteiger partial charge in [0.25, 0.3) is 0 Å². The highest BCUT2D eigenvalue weighted by atomic mass is 16.6. The zero-order valence-electron chi connectivity index (χ0n) is 9.95. The lowest BCUT2D eigenvalue weighted by Crippen LogP contribution is -2.55. The molecule has 0 aromatic heterocycles. The molecule has 0 radical (unpaired) electrons. The second kappa shape index (κ2) is 5.95. The van der Waals surface area contributed by atoms with Crippen molar-refractivity contribution in [3.8, 4) is 0 Å². The predicted molar refractivity (Wildman–Crippen MR) is 59.9 cm³/mol. The van der Waals surface area contributed by atoms with Crippen LogP contribution >= 0.6 is 0 Å². The summed E-state index contributed by atoms with van der Waals surface area (Å²) in [6.45, 7) is 8.29. The van der Waals surface area contributed by atoms with Gasteiger partial charge in [0.2, 0.25) is 0 Å². The molecule has 0 unspecified atom stereocenters. The van der Waals surface area contributed by atoms with Crippen molar-refractivity contribution in [2.75, 3.05) is 19.7 Å². The van der Waals surface area contributed by atoms with Gasteiger partial charge in [0, 0.05) is 25.2 Å². The Bertz CT molecular complexity index is 199. The molecule has 0 aromatic rings. The average molecular weight is 214 g/mol. The van der Waals surface area contributed by atoms with E-state index in [1.165, 1.54) is 0 Å². The fourth-order valence-electron chi connectivity index (χ4n) is 1.87. The second-order valence-electron chi connectivity index (χ2n) is 4.34. The number of rotatable bonds is 3. The lowest BCUT2D eigenvalue weighted by Gasteiger charge is -2.35. The highest BCUT2D eigenvalue weighted by Crippen LogP contribution is 2.06. The third-order valence-electron chi connectivity index (χ3n) is 2.54. The van der Waals surface area contributed by atoms with Gasteiger partial charge in [-0.25, -0.2) is 4.79 Å². The molecule has 0 bridgehead atoms. The van der Waals surface area contributed by atoms with Crippen LogP contribution in [0.15, 0.2) is 0 Å². The molecule has 1 heterocycles. The molecule has 4 nitrogen and oxygen atoms in total. The van der Waals surface area contributed by atoms with Crippen LogP contribution in [0.4, 0.5) is 4.79 Å². The molecule has 0 saturated carbocycles. The summed E-state index contributed by atoms with van der Waals surface area (Å²) < 4.78 is 5.18. The van der Waals surface area contributed by atoms with Crippen LogP contribution in [-0.2, 0) is 4.74 Å². The molecule has 1 N–H and O–H groups in total. The molecule has 15 heavy (non-hydrogen) atoms. The van der Waals surface area contributed by atoms with E-state index < -0.39 is 0 Å². The standard InChI is InChI=1S/C11H22N2O2/c1-4-5-6-15-11(14)13-7-9(2)12-10(3)8-13/h9-10,12H,4-8H2,1-3H3/t9-,10+. The molecule has 0 aromatic carbocycles. The summed E-state index contributed by atoms with van der Waals surface area (Å²) in [5.41, 5.74) is 0. The van der Waals surface area contributed by atoms with Crippen LogP contribution in [0.5, 0.6) is 0 Å². The number of piperazine rings is 1. The first-order valence-corrected chi connectivity index (χ1v) is 5.81. The number of hydrogen-bond acceptors (Lipinski definition) is 3. The Morgan fingerprint density at radius 2 is 2.00 bits per heavy atom. The van der Waals surface area contributed by atoms with E-state index in [1.807, 2.05) is 0 Å². The first kappa shape index (κ1) is 12.3. The van der Waals surface area contributed by atoms with Gasteiger partial charge in [-0.15, -0.1) is 0 Å². The van der Waals surface area contributed by atoms with Crippen molar-refractivity contribution >= 4 is 6.09 Å². The van der Waals surface area contributed by atoms with Gasteiger partial charge in [-0.05, 0) is 20.3 Å². The van der Waals surface area contributed by atoms with Crippen molar-refractivity contribution in [2.45, 2.75) is 45.7 Å². The Hall–Kier alpha value is -0.770. The summed E-state index contributed by atoms with van der Waals surface area (Å²) in [5, 5.41) is 3.38. The Balaban J connectivity index is 2.31. The molecule has 1 fully saturated rings. The van der Waals surface area contributed by atoms with Gasteiger partial charge in [0.15, 0.2) is 0 Å². The van der Waals surface area contributed by atoms with Gasteiger partial charge in [0.05, 0.1) is 6.61 Å². The Morgan fingerprint density at radius 1 is 1.40 bits per heavy atom. The normalized spacial score (nSPS) is 26.5. The minimum absolute atomic E-state index is 0.163. The molecule has 1 saturated heterocycles. The minimum atomic E-state index is -0.163. The third kappa shape index (κ3) is 4.08. The molecule has 1 rings (SSSR count). The van der Waals surface area contributed by atoms with E-state index in [0.29, 0.717) is 18.7 Å². The molecule has 88 valence electrons. The maximum absolute atomic E-state index is 11.6. The van der Waals surface area contributed by atoms with Gasteiger partial charge >= 0.3 is 6.09 Å². The van der Waals surface area contributed by atoms with Crippen LogP contribution in [0.3, 0.4) is 0 Å². The summed E-state index contributed by atoms with van der Waals surface area (Å²) in [7, 11) is 0. The fraction of sp³-hybridized carbons (Fsp3) is 0.909. The SMILES string of the molecule is CCCCOC(=O)N1C[C@@H](C)N[C@@H](C)C1. The van der Waals surface area contributed by atoms with E-state index >= 15 is 0 Å². The van der Waals surface area contributed by atoms with Gasteiger partial charge in [0.1, 0.15) is 0 Å². The van der Waals surface area contributed by atoms with E-state index in [-0.39, 0.29) is 6.09 Å².